The summed E-state index contributed by atoms with van der Waals surface area (Å²) in [6.45, 7) is 3.93. The summed E-state index contributed by atoms with van der Waals surface area (Å²) in [5, 5.41) is 16.6. The maximum absolute atomic E-state index is 12.4. The summed E-state index contributed by atoms with van der Waals surface area (Å²) in [6, 6.07) is 12.2. The first-order valence-electron chi connectivity index (χ1n) is 8.53. The van der Waals surface area contributed by atoms with Gasteiger partial charge in [0.1, 0.15) is 11.8 Å². The second kappa shape index (κ2) is 9.73. The molecule has 0 saturated heterocycles. The molecule has 2 rings (SSSR count). The molecule has 0 aliphatic heterocycles. The van der Waals surface area contributed by atoms with Crippen LogP contribution in [0.3, 0.4) is 0 Å². The number of hydrogen-bond acceptors (Lipinski definition) is 4. The number of aromatic hydroxyl groups is 1. The van der Waals surface area contributed by atoms with Gasteiger partial charge in [0.2, 0.25) is 0 Å². The first-order valence-corrected chi connectivity index (χ1v) is 8.91. The van der Waals surface area contributed by atoms with E-state index in [9.17, 15) is 14.7 Å². The van der Waals surface area contributed by atoms with Crippen LogP contribution in [0.25, 0.3) is 0 Å². The zero-order valence-electron chi connectivity index (χ0n) is 15.1. The number of amides is 2. The minimum atomic E-state index is -0.727. The molecule has 0 aromatic heterocycles. The van der Waals surface area contributed by atoms with Gasteiger partial charge in [-0.05, 0) is 54.3 Å². The fourth-order valence-corrected chi connectivity index (χ4v) is 2.53. The second-order valence-electron chi connectivity index (χ2n) is 6.49. The van der Waals surface area contributed by atoms with Crippen LogP contribution in [-0.4, -0.2) is 29.2 Å². The largest absolute Gasteiger partial charge is 0.508 e. The molecule has 0 aliphatic carbocycles. The molecule has 0 aliphatic rings. The molecule has 2 amide bonds. The Labute approximate surface area is 163 Å². The first kappa shape index (κ1) is 20.5. The molecule has 0 saturated carbocycles. The maximum Gasteiger partial charge on any atom is 0.262 e. The van der Waals surface area contributed by atoms with Gasteiger partial charge >= 0.3 is 0 Å². The van der Waals surface area contributed by atoms with Crippen LogP contribution >= 0.6 is 11.6 Å². The number of phenolic OH excluding ortho intramolecular Hbond substituents is 1. The molecule has 1 atom stereocenters. The van der Waals surface area contributed by atoms with E-state index in [0.29, 0.717) is 22.6 Å². The molecule has 0 radical (unpaired) electrons. The van der Waals surface area contributed by atoms with Gasteiger partial charge in [-0.3, -0.25) is 9.59 Å². The molecule has 2 aromatic carbocycles. The lowest BCUT2D eigenvalue weighted by Crippen LogP contribution is -2.46. The number of hydrogen-bond donors (Lipinski definition) is 3. The average molecular weight is 388 g/mol. The molecule has 0 bridgehead atoms. The second-order valence-corrected chi connectivity index (χ2v) is 6.93. The topological polar surface area (TPSA) is 90.8 Å². The number of halogens is 1. The van der Waals surface area contributed by atoms with Crippen molar-refractivity contribution in [1.82, 2.24) is 10.7 Å². The van der Waals surface area contributed by atoms with Crippen molar-refractivity contribution in [2.45, 2.75) is 26.3 Å². The normalized spacial score (nSPS) is 12.1. The molecular weight excluding hydrogens is 366 g/mol. The van der Waals surface area contributed by atoms with Gasteiger partial charge in [-0.15, -0.1) is 0 Å². The molecule has 142 valence electrons. The van der Waals surface area contributed by atoms with Crippen LogP contribution in [0.4, 0.5) is 0 Å². The molecule has 0 fully saturated rings. The zero-order chi connectivity index (χ0) is 19.8. The van der Waals surface area contributed by atoms with E-state index in [0.717, 1.165) is 0 Å². The van der Waals surface area contributed by atoms with Crippen molar-refractivity contribution >= 4 is 29.6 Å². The number of hydrazone groups is 1. The van der Waals surface area contributed by atoms with Gasteiger partial charge in [0.25, 0.3) is 11.8 Å². The minimum absolute atomic E-state index is 0.109. The smallest absolute Gasteiger partial charge is 0.262 e. The Balaban J connectivity index is 2.02. The highest BCUT2D eigenvalue weighted by molar-refractivity contribution is 6.30. The molecule has 3 N–H and O–H groups in total. The van der Waals surface area contributed by atoms with Crippen LogP contribution in [0.5, 0.6) is 5.75 Å². The molecule has 1 unspecified atom stereocenters. The third kappa shape index (κ3) is 6.75. The molecule has 2 aromatic rings. The summed E-state index contributed by atoms with van der Waals surface area (Å²) in [4.78, 5) is 24.8. The summed E-state index contributed by atoms with van der Waals surface area (Å²) in [6.07, 6.45) is 1.89. The third-order valence-corrected chi connectivity index (χ3v) is 3.95. The summed E-state index contributed by atoms with van der Waals surface area (Å²) < 4.78 is 0. The van der Waals surface area contributed by atoms with Crippen LogP contribution in [0.1, 0.15) is 36.2 Å². The van der Waals surface area contributed by atoms with E-state index in [1.54, 1.807) is 42.5 Å². The van der Waals surface area contributed by atoms with Crippen LogP contribution in [0.15, 0.2) is 53.6 Å². The summed E-state index contributed by atoms with van der Waals surface area (Å²) in [5.74, 6) is -0.466. The van der Waals surface area contributed by atoms with Crippen molar-refractivity contribution in [2.75, 3.05) is 0 Å². The number of nitrogens with one attached hydrogen (secondary N) is 2. The van der Waals surface area contributed by atoms with E-state index in [-0.39, 0.29) is 17.6 Å². The Kier molecular flexibility index (Phi) is 7.37. The van der Waals surface area contributed by atoms with Gasteiger partial charge in [-0.2, -0.15) is 5.10 Å². The number of carbonyl (C=O) groups is 2. The summed E-state index contributed by atoms with van der Waals surface area (Å²) in [7, 11) is 0. The van der Waals surface area contributed by atoms with E-state index in [2.05, 4.69) is 15.8 Å². The Morgan fingerprint density at radius 1 is 1.19 bits per heavy atom. The van der Waals surface area contributed by atoms with Gasteiger partial charge in [-0.1, -0.05) is 37.6 Å². The van der Waals surface area contributed by atoms with Gasteiger partial charge in [0, 0.05) is 10.6 Å². The lowest BCUT2D eigenvalue weighted by Gasteiger charge is -2.19. The first-order chi connectivity index (χ1) is 12.8. The monoisotopic (exact) mass is 387 g/mol. The summed E-state index contributed by atoms with van der Waals surface area (Å²) in [5.41, 5.74) is 3.50. The lowest BCUT2D eigenvalue weighted by atomic mass is 10.0. The van der Waals surface area contributed by atoms with Gasteiger partial charge < -0.3 is 10.4 Å². The lowest BCUT2D eigenvalue weighted by molar-refractivity contribution is -0.123. The number of rotatable bonds is 7. The van der Waals surface area contributed by atoms with E-state index in [1.165, 1.54) is 12.3 Å². The maximum atomic E-state index is 12.4. The molecule has 0 heterocycles. The fourth-order valence-electron chi connectivity index (χ4n) is 2.40. The molecule has 27 heavy (non-hydrogen) atoms. The van der Waals surface area contributed by atoms with E-state index >= 15 is 0 Å². The highest BCUT2D eigenvalue weighted by Crippen LogP contribution is 2.11. The number of benzene rings is 2. The standard InChI is InChI=1S/C20H22ClN3O3/c1-13(2)10-18(23-19(26)15-6-8-16(21)9-7-15)20(27)24-22-12-14-4-3-5-17(25)11-14/h3-9,11-13,18,25H,10H2,1-2H3,(H,23,26)(H,24,27)/b22-12+. The van der Waals surface area contributed by atoms with Crippen LogP contribution in [0, 0.1) is 5.92 Å². The van der Waals surface area contributed by atoms with Gasteiger partial charge in [0.15, 0.2) is 0 Å². The van der Waals surface area contributed by atoms with Crippen molar-refractivity contribution in [2.24, 2.45) is 11.0 Å². The van der Waals surface area contributed by atoms with Crippen molar-refractivity contribution in [3.05, 3.63) is 64.7 Å². The fraction of sp³-hybridized carbons (Fsp3) is 0.250. The van der Waals surface area contributed by atoms with E-state index in [1.807, 2.05) is 13.8 Å². The molecular formula is C20H22ClN3O3. The van der Waals surface area contributed by atoms with Crippen molar-refractivity contribution in [3.63, 3.8) is 0 Å². The number of nitrogens with zero attached hydrogens (tertiary/aromatic N) is 1. The van der Waals surface area contributed by atoms with Crippen molar-refractivity contribution < 1.29 is 14.7 Å². The summed E-state index contributed by atoms with van der Waals surface area (Å²) >= 11 is 5.83. The molecule has 7 heteroatoms. The van der Waals surface area contributed by atoms with E-state index in [4.69, 9.17) is 11.6 Å². The molecule has 6 nitrogen and oxygen atoms in total. The predicted octanol–water partition coefficient (Wildman–Crippen LogP) is 3.34. The van der Waals surface area contributed by atoms with Gasteiger partial charge in [-0.25, -0.2) is 5.43 Å². The molecule has 0 spiro atoms. The van der Waals surface area contributed by atoms with Crippen LogP contribution < -0.4 is 10.7 Å². The Hall–Kier alpha value is -2.86. The highest BCUT2D eigenvalue weighted by atomic mass is 35.5. The zero-order valence-corrected chi connectivity index (χ0v) is 15.9. The Morgan fingerprint density at radius 2 is 1.89 bits per heavy atom. The van der Waals surface area contributed by atoms with Crippen molar-refractivity contribution in [3.8, 4) is 5.75 Å². The van der Waals surface area contributed by atoms with Gasteiger partial charge in [0.05, 0.1) is 6.21 Å². The minimum Gasteiger partial charge on any atom is -0.508 e. The quantitative estimate of drug-likeness (QED) is 0.502. The number of carbonyl (C=O) groups excluding carboxylic acids is 2. The Bertz CT molecular complexity index is 819. The third-order valence-electron chi connectivity index (χ3n) is 3.69. The number of phenols is 1. The van der Waals surface area contributed by atoms with Crippen molar-refractivity contribution in [1.29, 1.82) is 0 Å². The highest BCUT2D eigenvalue weighted by Gasteiger charge is 2.22. The average Bonchev–Trinajstić information content (AvgIpc) is 2.61. The van der Waals surface area contributed by atoms with Crippen LogP contribution in [0.2, 0.25) is 5.02 Å². The van der Waals surface area contributed by atoms with E-state index < -0.39 is 11.9 Å². The Morgan fingerprint density at radius 3 is 2.52 bits per heavy atom. The predicted molar refractivity (Wildman–Crippen MR) is 106 cm³/mol. The van der Waals surface area contributed by atoms with Crippen LogP contribution in [-0.2, 0) is 4.79 Å². The SMILES string of the molecule is CC(C)CC(NC(=O)c1ccc(Cl)cc1)C(=O)N/N=C/c1cccc(O)c1.